The first-order chi connectivity index (χ1) is 12.7. The summed E-state index contributed by atoms with van der Waals surface area (Å²) in [5, 5.41) is 5.36. The standard InChI is InChI=1S/C21H20N2O2S/c24-19(17-12-6-10-14-7-4-5-11-16(14)17)18-13-22-21(26-18)23-20(25)15-8-2-1-3-9-15/h4-7,10-13,15H,1-3,8-9H2,(H,22,23,25). The zero-order valence-corrected chi connectivity index (χ0v) is 15.2. The molecule has 1 aliphatic rings. The van der Waals surface area contributed by atoms with Crippen molar-refractivity contribution in [1.29, 1.82) is 0 Å². The van der Waals surface area contributed by atoms with E-state index < -0.39 is 0 Å². The monoisotopic (exact) mass is 364 g/mol. The molecule has 1 aliphatic carbocycles. The number of carbonyl (C=O) groups is 2. The molecule has 1 heterocycles. The van der Waals surface area contributed by atoms with E-state index in [2.05, 4.69) is 10.3 Å². The first-order valence-electron chi connectivity index (χ1n) is 9.01. The lowest BCUT2D eigenvalue weighted by molar-refractivity contribution is -0.120. The molecule has 0 bridgehead atoms. The number of anilines is 1. The number of nitrogens with one attached hydrogen (secondary N) is 1. The fourth-order valence-electron chi connectivity index (χ4n) is 3.57. The van der Waals surface area contributed by atoms with Crippen LogP contribution in [0.25, 0.3) is 10.8 Å². The van der Waals surface area contributed by atoms with Crippen molar-refractivity contribution in [3.05, 3.63) is 59.1 Å². The van der Waals surface area contributed by atoms with E-state index in [4.69, 9.17) is 0 Å². The molecule has 0 atom stereocenters. The largest absolute Gasteiger partial charge is 0.302 e. The Balaban J connectivity index is 1.53. The molecule has 132 valence electrons. The van der Waals surface area contributed by atoms with Gasteiger partial charge in [-0.15, -0.1) is 0 Å². The van der Waals surface area contributed by atoms with Crippen molar-refractivity contribution in [2.24, 2.45) is 5.92 Å². The summed E-state index contributed by atoms with van der Waals surface area (Å²) in [7, 11) is 0. The molecule has 1 fully saturated rings. The average Bonchev–Trinajstić information content (AvgIpc) is 3.16. The second-order valence-corrected chi connectivity index (χ2v) is 7.74. The number of thiazole rings is 1. The van der Waals surface area contributed by atoms with Crippen molar-refractivity contribution in [2.75, 3.05) is 5.32 Å². The van der Waals surface area contributed by atoms with Gasteiger partial charge < -0.3 is 5.32 Å². The van der Waals surface area contributed by atoms with Crippen LogP contribution in [-0.4, -0.2) is 16.7 Å². The van der Waals surface area contributed by atoms with Crippen molar-refractivity contribution in [3.8, 4) is 0 Å². The summed E-state index contributed by atoms with van der Waals surface area (Å²) in [4.78, 5) is 30.1. The summed E-state index contributed by atoms with van der Waals surface area (Å²) in [5.74, 6) is 0.0468. The highest BCUT2D eigenvalue weighted by atomic mass is 32.1. The number of ketones is 1. The van der Waals surface area contributed by atoms with Crippen LogP contribution in [0.3, 0.4) is 0 Å². The molecular weight excluding hydrogens is 344 g/mol. The van der Waals surface area contributed by atoms with Crippen LogP contribution in [0.2, 0.25) is 0 Å². The number of hydrogen-bond donors (Lipinski definition) is 1. The van der Waals surface area contributed by atoms with Crippen molar-refractivity contribution in [3.63, 3.8) is 0 Å². The molecule has 5 heteroatoms. The van der Waals surface area contributed by atoms with Crippen LogP contribution in [0, 0.1) is 5.92 Å². The Labute approximate surface area is 156 Å². The lowest BCUT2D eigenvalue weighted by Crippen LogP contribution is -2.24. The normalized spacial score (nSPS) is 15.1. The average molecular weight is 364 g/mol. The van der Waals surface area contributed by atoms with E-state index in [0.29, 0.717) is 15.6 Å². The van der Waals surface area contributed by atoms with Gasteiger partial charge in [0.25, 0.3) is 0 Å². The quantitative estimate of drug-likeness (QED) is 0.659. The molecule has 2 aromatic carbocycles. The Morgan fingerprint density at radius 3 is 2.62 bits per heavy atom. The van der Waals surface area contributed by atoms with E-state index in [9.17, 15) is 9.59 Å². The van der Waals surface area contributed by atoms with Crippen molar-refractivity contribution >= 4 is 38.9 Å². The van der Waals surface area contributed by atoms with Gasteiger partial charge in [0.05, 0.1) is 11.1 Å². The molecule has 0 aliphatic heterocycles. The van der Waals surface area contributed by atoms with Gasteiger partial charge in [0, 0.05) is 11.5 Å². The third-order valence-electron chi connectivity index (χ3n) is 4.97. The van der Waals surface area contributed by atoms with E-state index in [1.165, 1.54) is 17.8 Å². The third kappa shape index (κ3) is 3.40. The van der Waals surface area contributed by atoms with E-state index in [0.717, 1.165) is 36.5 Å². The predicted molar refractivity (Wildman–Crippen MR) is 105 cm³/mol. The van der Waals surface area contributed by atoms with Crippen molar-refractivity contribution in [2.45, 2.75) is 32.1 Å². The summed E-state index contributed by atoms with van der Waals surface area (Å²) in [6, 6.07) is 13.6. The van der Waals surface area contributed by atoms with Gasteiger partial charge in [-0.1, -0.05) is 73.1 Å². The van der Waals surface area contributed by atoms with E-state index >= 15 is 0 Å². The minimum atomic E-state index is -0.0579. The summed E-state index contributed by atoms with van der Waals surface area (Å²) in [6.45, 7) is 0. The van der Waals surface area contributed by atoms with Gasteiger partial charge >= 0.3 is 0 Å². The summed E-state index contributed by atoms with van der Waals surface area (Å²) >= 11 is 1.24. The van der Waals surface area contributed by atoms with Gasteiger partial charge in [-0.05, 0) is 23.6 Å². The van der Waals surface area contributed by atoms with Crippen LogP contribution in [0.4, 0.5) is 5.13 Å². The molecule has 1 amide bonds. The Bertz CT molecular complexity index is 952. The van der Waals surface area contributed by atoms with Crippen LogP contribution in [-0.2, 0) is 4.79 Å². The lowest BCUT2D eigenvalue weighted by Gasteiger charge is -2.19. The highest BCUT2D eigenvalue weighted by molar-refractivity contribution is 7.17. The smallest absolute Gasteiger partial charge is 0.229 e. The van der Waals surface area contributed by atoms with Gasteiger partial charge in [0.1, 0.15) is 0 Å². The second-order valence-electron chi connectivity index (χ2n) is 6.71. The number of benzene rings is 2. The number of fused-ring (bicyclic) bond motifs is 1. The fourth-order valence-corrected chi connectivity index (χ4v) is 4.34. The number of nitrogens with zero attached hydrogens (tertiary/aromatic N) is 1. The maximum absolute atomic E-state index is 12.9. The molecular formula is C21H20N2O2S. The highest BCUT2D eigenvalue weighted by Gasteiger charge is 2.22. The Morgan fingerprint density at radius 1 is 1.00 bits per heavy atom. The maximum Gasteiger partial charge on any atom is 0.229 e. The van der Waals surface area contributed by atoms with Crippen LogP contribution in [0.5, 0.6) is 0 Å². The van der Waals surface area contributed by atoms with Crippen LogP contribution in [0.15, 0.2) is 48.7 Å². The number of amides is 1. The molecule has 1 aromatic heterocycles. The Morgan fingerprint density at radius 2 is 1.77 bits per heavy atom. The van der Waals surface area contributed by atoms with E-state index in [1.54, 1.807) is 6.20 Å². The number of carbonyl (C=O) groups excluding carboxylic acids is 2. The van der Waals surface area contributed by atoms with E-state index in [-0.39, 0.29) is 17.6 Å². The molecule has 0 saturated heterocycles. The summed E-state index contributed by atoms with van der Waals surface area (Å²) in [6.07, 6.45) is 6.88. The number of hydrogen-bond acceptors (Lipinski definition) is 4. The molecule has 0 spiro atoms. The zero-order valence-electron chi connectivity index (χ0n) is 14.4. The molecule has 0 radical (unpaired) electrons. The van der Waals surface area contributed by atoms with E-state index in [1.807, 2.05) is 42.5 Å². The van der Waals surface area contributed by atoms with Crippen molar-refractivity contribution in [1.82, 2.24) is 4.98 Å². The van der Waals surface area contributed by atoms with Crippen LogP contribution >= 0.6 is 11.3 Å². The SMILES string of the molecule is O=C(c1cnc(NC(=O)C2CCCCC2)s1)c1cccc2ccccc12. The molecule has 1 saturated carbocycles. The minimum absolute atomic E-state index is 0.0307. The van der Waals surface area contributed by atoms with Crippen LogP contribution in [0.1, 0.15) is 47.3 Å². The fraction of sp³-hybridized carbons (Fsp3) is 0.286. The molecule has 4 rings (SSSR count). The lowest BCUT2D eigenvalue weighted by atomic mass is 9.89. The van der Waals surface area contributed by atoms with Gasteiger partial charge in [0.2, 0.25) is 11.7 Å². The predicted octanol–water partition coefficient (Wildman–Crippen LogP) is 5.05. The molecule has 1 N–H and O–H groups in total. The van der Waals surface area contributed by atoms with Crippen molar-refractivity contribution < 1.29 is 9.59 Å². The first kappa shape index (κ1) is 16.9. The Hall–Kier alpha value is -2.53. The number of rotatable bonds is 4. The van der Waals surface area contributed by atoms with Gasteiger partial charge in [0.15, 0.2) is 5.13 Å². The molecule has 26 heavy (non-hydrogen) atoms. The molecule has 0 unspecified atom stereocenters. The minimum Gasteiger partial charge on any atom is -0.302 e. The maximum atomic E-state index is 12.9. The zero-order chi connectivity index (χ0) is 17.9. The topological polar surface area (TPSA) is 59.1 Å². The molecule has 3 aromatic rings. The van der Waals surface area contributed by atoms with Gasteiger partial charge in [-0.3, -0.25) is 9.59 Å². The third-order valence-corrected chi connectivity index (χ3v) is 5.88. The molecule has 4 nitrogen and oxygen atoms in total. The highest BCUT2D eigenvalue weighted by Crippen LogP contribution is 2.28. The summed E-state index contributed by atoms with van der Waals surface area (Å²) in [5.41, 5.74) is 0.664. The number of aromatic nitrogens is 1. The van der Waals surface area contributed by atoms with Gasteiger partial charge in [-0.25, -0.2) is 4.98 Å². The summed E-state index contributed by atoms with van der Waals surface area (Å²) < 4.78 is 0. The Kier molecular flexibility index (Phi) is 4.80. The van der Waals surface area contributed by atoms with Gasteiger partial charge in [-0.2, -0.15) is 0 Å². The van der Waals surface area contributed by atoms with Crippen LogP contribution < -0.4 is 5.32 Å². The second kappa shape index (κ2) is 7.38. The first-order valence-corrected chi connectivity index (χ1v) is 9.83.